The summed E-state index contributed by atoms with van der Waals surface area (Å²) in [6.07, 6.45) is 7.50. The standard InChI is InChI=1S/C18H29NO/c1-4-5-6-12-19(14(2)3)18-9-7-8-15-10-11-16(20)13-17(15)18/h10-11,13-14,18,20H,4-9,12H2,1-3H3. The quantitative estimate of drug-likeness (QED) is 0.763. The van der Waals surface area contributed by atoms with Crippen molar-refractivity contribution in [3.05, 3.63) is 29.3 Å². The van der Waals surface area contributed by atoms with Crippen LogP contribution in [0.3, 0.4) is 0 Å². The highest BCUT2D eigenvalue weighted by molar-refractivity contribution is 5.38. The van der Waals surface area contributed by atoms with Crippen molar-refractivity contribution >= 4 is 0 Å². The molecule has 0 amide bonds. The molecule has 1 aromatic rings. The van der Waals surface area contributed by atoms with Crippen LogP contribution < -0.4 is 0 Å². The fourth-order valence-electron chi connectivity index (χ4n) is 3.42. The van der Waals surface area contributed by atoms with Crippen molar-refractivity contribution in [1.82, 2.24) is 4.90 Å². The van der Waals surface area contributed by atoms with Crippen molar-refractivity contribution in [3.8, 4) is 5.75 Å². The third kappa shape index (κ3) is 3.54. The normalized spacial score (nSPS) is 18.6. The number of rotatable bonds is 6. The number of phenolic OH excluding ortho intramolecular Hbond substituents is 1. The van der Waals surface area contributed by atoms with Crippen LogP contribution in [0.1, 0.15) is 70.0 Å². The summed E-state index contributed by atoms with van der Waals surface area (Å²) in [5.41, 5.74) is 2.79. The van der Waals surface area contributed by atoms with Crippen LogP contribution in [0, 0.1) is 0 Å². The number of fused-ring (bicyclic) bond motifs is 1. The van der Waals surface area contributed by atoms with Gasteiger partial charge in [-0.05, 0) is 69.3 Å². The molecule has 1 N–H and O–H groups in total. The van der Waals surface area contributed by atoms with Crippen molar-refractivity contribution < 1.29 is 5.11 Å². The molecule has 1 aliphatic rings. The van der Waals surface area contributed by atoms with E-state index >= 15 is 0 Å². The molecule has 1 aromatic carbocycles. The highest BCUT2D eigenvalue weighted by atomic mass is 16.3. The van der Waals surface area contributed by atoms with E-state index in [-0.39, 0.29) is 0 Å². The molecule has 0 aliphatic heterocycles. The van der Waals surface area contributed by atoms with Gasteiger partial charge in [-0.25, -0.2) is 0 Å². The van der Waals surface area contributed by atoms with Crippen LogP contribution in [-0.2, 0) is 6.42 Å². The minimum absolute atomic E-state index is 0.410. The monoisotopic (exact) mass is 275 g/mol. The molecule has 20 heavy (non-hydrogen) atoms. The van der Waals surface area contributed by atoms with Gasteiger partial charge in [-0.2, -0.15) is 0 Å². The van der Waals surface area contributed by atoms with Crippen LogP contribution in [0.15, 0.2) is 18.2 Å². The van der Waals surface area contributed by atoms with E-state index in [9.17, 15) is 5.11 Å². The molecular weight excluding hydrogens is 246 g/mol. The predicted molar refractivity (Wildman–Crippen MR) is 85.2 cm³/mol. The first-order valence-corrected chi connectivity index (χ1v) is 8.21. The number of phenols is 1. The number of aryl methyl sites for hydroxylation is 1. The van der Waals surface area contributed by atoms with E-state index in [1.807, 2.05) is 12.1 Å². The van der Waals surface area contributed by atoms with E-state index < -0.39 is 0 Å². The van der Waals surface area contributed by atoms with E-state index in [4.69, 9.17) is 0 Å². The van der Waals surface area contributed by atoms with Crippen molar-refractivity contribution in [2.45, 2.75) is 71.4 Å². The van der Waals surface area contributed by atoms with Crippen molar-refractivity contribution in [2.75, 3.05) is 6.54 Å². The number of hydrogen-bond acceptors (Lipinski definition) is 2. The Bertz CT molecular complexity index is 427. The molecule has 0 heterocycles. The van der Waals surface area contributed by atoms with E-state index in [1.165, 1.54) is 49.8 Å². The number of aromatic hydroxyl groups is 1. The summed E-state index contributed by atoms with van der Waals surface area (Å²) < 4.78 is 0. The Morgan fingerprint density at radius 1 is 1.30 bits per heavy atom. The maximum absolute atomic E-state index is 9.82. The maximum atomic E-state index is 9.82. The highest BCUT2D eigenvalue weighted by Gasteiger charge is 2.27. The lowest BCUT2D eigenvalue weighted by Crippen LogP contribution is -2.37. The van der Waals surface area contributed by atoms with Gasteiger partial charge in [0.1, 0.15) is 5.75 Å². The van der Waals surface area contributed by atoms with Gasteiger partial charge in [-0.3, -0.25) is 4.90 Å². The number of benzene rings is 1. The van der Waals surface area contributed by atoms with E-state index in [1.54, 1.807) is 0 Å². The molecule has 0 bridgehead atoms. The average Bonchev–Trinajstić information content (AvgIpc) is 2.43. The first-order chi connectivity index (χ1) is 9.63. The van der Waals surface area contributed by atoms with Gasteiger partial charge >= 0.3 is 0 Å². The van der Waals surface area contributed by atoms with Gasteiger partial charge in [0.15, 0.2) is 0 Å². The second-order valence-electron chi connectivity index (χ2n) is 6.33. The molecule has 0 saturated heterocycles. The Hall–Kier alpha value is -1.02. The zero-order valence-corrected chi connectivity index (χ0v) is 13.2. The summed E-state index contributed by atoms with van der Waals surface area (Å²) in [4.78, 5) is 2.63. The van der Waals surface area contributed by atoms with Gasteiger partial charge < -0.3 is 5.11 Å². The van der Waals surface area contributed by atoms with E-state index in [0.717, 1.165) is 6.42 Å². The van der Waals surface area contributed by atoms with Crippen LogP contribution >= 0.6 is 0 Å². The summed E-state index contributed by atoms with van der Waals surface area (Å²) in [5, 5.41) is 9.82. The number of nitrogens with zero attached hydrogens (tertiary/aromatic N) is 1. The molecule has 0 aromatic heterocycles. The van der Waals surface area contributed by atoms with E-state index in [0.29, 0.717) is 17.8 Å². The molecule has 0 fully saturated rings. The second-order valence-corrected chi connectivity index (χ2v) is 6.33. The summed E-state index contributed by atoms with van der Waals surface area (Å²) in [7, 11) is 0. The lowest BCUT2D eigenvalue weighted by atomic mass is 9.86. The van der Waals surface area contributed by atoms with Crippen molar-refractivity contribution in [3.63, 3.8) is 0 Å². The molecule has 2 rings (SSSR count). The fraction of sp³-hybridized carbons (Fsp3) is 0.667. The van der Waals surface area contributed by atoms with Gasteiger partial charge in [0.2, 0.25) is 0 Å². The Balaban J connectivity index is 2.19. The SMILES string of the molecule is CCCCCN(C(C)C)C1CCCc2ccc(O)cc21. The highest BCUT2D eigenvalue weighted by Crippen LogP contribution is 2.37. The largest absolute Gasteiger partial charge is 0.508 e. The van der Waals surface area contributed by atoms with Crippen LogP contribution in [0.2, 0.25) is 0 Å². The van der Waals surface area contributed by atoms with Gasteiger partial charge in [0.05, 0.1) is 0 Å². The molecule has 1 atom stereocenters. The van der Waals surface area contributed by atoms with Crippen LogP contribution in [-0.4, -0.2) is 22.6 Å². The minimum atomic E-state index is 0.410. The first kappa shape index (κ1) is 15.4. The van der Waals surface area contributed by atoms with Gasteiger partial charge in [-0.1, -0.05) is 25.8 Å². The Morgan fingerprint density at radius 3 is 2.80 bits per heavy atom. The van der Waals surface area contributed by atoms with Crippen molar-refractivity contribution in [1.29, 1.82) is 0 Å². The zero-order valence-electron chi connectivity index (χ0n) is 13.2. The Labute approximate surface area is 123 Å². The van der Waals surface area contributed by atoms with Gasteiger partial charge in [0.25, 0.3) is 0 Å². The predicted octanol–water partition coefficient (Wildman–Crippen LogP) is 4.67. The summed E-state index contributed by atoms with van der Waals surface area (Å²) in [6.45, 7) is 8.02. The molecular formula is C18H29NO. The molecule has 2 heteroatoms. The summed E-state index contributed by atoms with van der Waals surface area (Å²) in [5.74, 6) is 0.410. The van der Waals surface area contributed by atoms with Crippen LogP contribution in [0.5, 0.6) is 5.75 Å². The fourth-order valence-corrected chi connectivity index (χ4v) is 3.42. The lowest BCUT2D eigenvalue weighted by molar-refractivity contribution is 0.135. The topological polar surface area (TPSA) is 23.5 Å². The van der Waals surface area contributed by atoms with Gasteiger partial charge in [0, 0.05) is 12.1 Å². The maximum Gasteiger partial charge on any atom is 0.115 e. The average molecular weight is 275 g/mol. The lowest BCUT2D eigenvalue weighted by Gasteiger charge is -2.38. The second kappa shape index (κ2) is 7.12. The third-order valence-electron chi connectivity index (χ3n) is 4.50. The van der Waals surface area contributed by atoms with Gasteiger partial charge in [-0.15, -0.1) is 0 Å². The number of hydrogen-bond donors (Lipinski definition) is 1. The molecule has 0 saturated carbocycles. The van der Waals surface area contributed by atoms with Crippen LogP contribution in [0.25, 0.3) is 0 Å². The molecule has 1 aliphatic carbocycles. The molecule has 1 unspecified atom stereocenters. The number of unbranched alkanes of at least 4 members (excludes halogenated alkanes) is 2. The molecule has 112 valence electrons. The summed E-state index contributed by atoms with van der Waals surface area (Å²) >= 11 is 0. The van der Waals surface area contributed by atoms with Crippen molar-refractivity contribution in [2.24, 2.45) is 0 Å². The zero-order chi connectivity index (χ0) is 14.5. The van der Waals surface area contributed by atoms with E-state index in [2.05, 4.69) is 31.7 Å². The minimum Gasteiger partial charge on any atom is -0.508 e. The smallest absolute Gasteiger partial charge is 0.115 e. The first-order valence-electron chi connectivity index (χ1n) is 8.21. The molecule has 2 nitrogen and oxygen atoms in total. The van der Waals surface area contributed by atoms with Crippen LogP contribution in [0.4, 0.5) is 0 Å². The Morgan fingerprint density at radius 2 is 2.10 bits per heavy atom. The third-order valence-corrected chi connectivity index (χ3v) is 4.50. The molecule has 0 radical (unpaired) electrons. The summed E-state index contributed by atoms with van der Waals surface area (Å²) in [6, 6.07) is 6.99. The Kier molecular flexibility index (Phi) is 5.47. The molecule has 0 spiro atoms.